The van der Waals surface area contributed by atoms with Crippen LogP contribution in [0.4, 0.5) is 5.69 Å². The topological polar surface area (TPSA) is 15.3 Å². The second kappa shape index (κ2) is 6.42. The number of anilines is 1. The number of hydrogen-bond acceptors (Lipinski definition) is 2. The molecule has 1 aromatic rings. The van der Waals surface area contributed by atoms with Crippen LogP contribution in [0.3, 0.4) is 0 Å². The zero-order chi connectivity index (χ0) is 13.8. The fraction of sp³-hybridized carbons (Fsp3) is 0.647. The van der Waals surface area contributed by atoms with Gasteiger partial charge in [0.25, 0.3) is 0 Å². The average molecular weight is 260 g/mol. The molecule has 106 valence electrons. The molecule has 1 aromatic carbocycles. The van der Waals surface area contributed by atoms with E-state index in [9.17, 15) is 0 Å². The molecule has 0 bridgehead atoms. The van der Waals surface area contributed by atoms with Gasteiger partial charge in [0.05, 0.1) is 0 Å². The molecular formula is C17H28N2. The molecule has 1 N–H and O–H groups in total. The standard InChI is InChI=1S/C17H28N2/c1-5-7-15-12-19(16(6-2)11-18-15)17-9-8-13(3)10-14(17)4/h8-10,15-16,18H,5-7,11-12H2,1-4H3. The summed E-state index contributed by atoms with van der Waals surface area (Å²) in [6, 6.07) is 8.13. The third-order valence-corrected chi connectivity index (χ3v) is 4.27. The Balaban J connectivity index is 2.22. The van der Waals surface area contributed by atoms with Gasteiger partial charge in [0.15, 0.2) is 0 Å². The van der Waals surface area contributed by atoms with E-state index in [0.29, 0.717) is 12.1 Å². The number of piperazine rings is 1. The summed E-state index contributed by atoms with van der Waals surface area (Å²) in [5.41, 5.74) is 4.20. The molecular weight excluding hydrogens is 232 g/mol. The normalized spacial score (nSPS) is 23.7. The monoisotopic (exact) mass is 260 g/mol. The summed E-state index contributed by atoms with van der Waals surface area (Å²) >= 11 is 0. The molecule has 1 saturated heterocycles. The summed E-state index contributed by atoms with van der Waals surface area (Å²) in [7, 11) is 0. The van der Waals surface area contributed by atoms with E-state index in [0.717, 1.165) is 13.1 Å². The lowest BCUT2D eigenvalue weighted by Crippen LogP contribution is -2.56. The van der Waals surface area contributed by atoms with Crippen molar-refractivity contribution in [2.45, 2.75) is 59.0 Å². The highest BCUT2D eigenvalue weighted by molar-refractivity contribution is 5.55. The van der Waals surface area contributed by atoms with Gasteiger partial charge in [-0.1, -0.05) is 38.0 Å². The predicted molar refractivity (Wildman–Crippen MR) is 84.0 cm³/mol. The van der Waals surface area contributed by atoms with Crippen molar-refractivity contribution in [1.29, 1.82) is 0 Å². The molecule has 1 aliphatic heterocycles. The maximum Gasteiger partial charge on any atom is 0.0412 e. The zero-order valence-corrected chi connectivity index (χ0v) is 12.9. The second-order valence-corrected chi connectivity index (χ2v) is 5.90. The maximum absolute atomic E-state index is 3.71. The lowest BCUT2D eigenvalue weighted by atomic mass is 10.0. The van der Waals surface area contributed by atoms with Crippen molar-refractivity contribution in [3.8, 4) is 0 Å². The highest BCUT2D eigenvalue weighted by Crippen LogP contribution is 2.26. The van der Waals surface area contributed by atoms with Gasteiger partial charge in [-0.05, 0) is 38.3 Å². The second-order valence-electron chi connectivity index (χ2n) is 5.90. The fourth-order valence-corrected chi connectivity index (χ4v) is 3.19. The van der Waals surface area contributed by atoms with E-state index in [2.05, 4.69) is 56.1 Å². The number of rotatable bonds is 4. The van der Waals surface area contributed by atoms with Crippen molar-refractivity contribution in [3.05, 3.63) is 29.3 Å². The Kier molecular flexibility index (Phi) is 4.87. The number of nitrogens with one attached hydrogen (secondary N) is 1. The fourth-order valence-electron chi connectivity index (χ4n) is 3.19. The van der Waals surface area contributed by atoms with Crippen LogP contribution >= 0.6 is 0 Å². The Morgan fingerprint density at radius 1 is 1.26 bits per heavy atom. The first-order valence-corrected chi connectivity index (χ1v) is 7.73. The first-order chi connectivity index (χ1) is 9.15. The van der Waals surface area contributed by atoms with Crippen LogP contribution in [0.25, 0.3) is 0 Å². The van der Waals surface area contributed by atoms with Gasteiger partial charge in [-0.25, -0.2) is 0 Å². The van der Waals surface area contributed by atoms with E-state index in [1.54, 1.807) is 0 Å². The van der Waals surface area contributed by atoms with Crippen LogP contribution in [0.15, 0.2) is 18.2 Å². The van der Waals surface area contributed by atoms with Crippen LogP contribution in [0.2, 0.25) is 0 Å². The van der Waals surface area contributed by atoms with Crippen molar-refractivity contribution >= 4 is 5.69 Å². The van der Waals surface area contributed by atoms with E-state index >= 15 is 0 Å². The van der Waals surface area contributed by atoms with Crippen LogP contribution in [0.5, 0.6) is 0 Å². The molecule has 2 rings (SSSR count). The van der Waals surface area contributed by atoms with Crippen LogP contribution in [0.1, 0.15) is 44.2 Å². The van der Waals surface area contributed by atoms with Gasteiger partial charge < -0.3 is 10.2 Å². The minimum atomic E-state index is 0.634. The number of nitrogens with zero attached hydrogens (tertiary/aromatic N) is 1. The van der Waals surface area contributed by atoms with Crippen LogP contribution in [0, 0.1) is 13.8 Å². The van der Waals surface area contributed by atoms with Gasteiger partial charge in [-0.2, -0.15) is 0 Å². The third-order valence-electron chi connectivity index (χ3n) is 4.27. The molecule has 19 heavy (non-hydrogen) atoms. The highest BCUT2D eigenvalue weighted by Gasteiger charge is 2.27. The van der Waals surface area contributed by atoms with E-state index in [1.165, 1.54) is 36.1 Å². The first kappa shape index (κ1) is 14.4. The Morgan fingerprint density at radius 3 is 2.68 bits per heavy atom. The lowest BCUT2D eigenvalue weighted by molar-refractivity contribution is 0.369. The largest absolute Gasteiger partial charge is 0.366 e. The third kappa shape index (κ3) is 3.30. The van der Waals surface area contributed by atoms with Crippen LogP contribution in [-0.4, -0.2) is 25.2 Å². The molecule has 0 saturated carbocycles. The molecule has 1 fully saturated rings. The quantitative estimate of drug-likeness (QED) is 0.889. The first-order valence-electron chi connectivity index (χ1n) is 7.73. The van der Waals surface area contributed by atoms with Gasteiger partial charge in [0.2, 0.25) is 0 Å². The molecule has 2 atom stereocenters. The summed E-state index contributed by atoms with van der Waals surface area (Å²) < 4.78 is 0. The Bertz CT molecular complexity index is 414. The van der Waals surface area contributed by atoms with Gasteiger partial charge in [0, 0.05) is 30.9 Å². The maximum atomic E-state index is 3.71. The van der Waals surface area contributed by atoms with Crippen LogP contribution in [-0.2, 0) is 0 Å². The van der Waals surface area contributed by atoms with Gasteiger partial charge >= 0.3 is 0 Å². The molecule has 0 radical (unpaired) electrons. The smallest absolute Gasteiger partial charge is 0.0412 e. The van der Waals surface area contributed by atoms with Gasteiger partial charge in [0.1, 0.15) is 0 Å². The molecule has 0 amide bonds. The van der Waals surface area contributed by atoms with Crippen LogP contribution < -0.4 is 10.2 Å². The minimum Gasteiger partial charge on any atom is -0.366 e. The Hall–Kier alpha value is -1.02. The summed E-state index contributed by atoms with van der Waals surface area (Å²) in [6.45, 7) is 11.3. The van der Waals surface area contributed by atoms with Crippen molar-refractivity contribution in [2.24, 2.45) is 0 Å². The predicted octanol–water partition coefficient (Wildman–Crippen LogP) is 3.66. The molecule has 2 nitrogen and oxygen atoms in total. The van der Waals surface area contributed by atoms with E-state index in [4.69, 9.17) is 0 Å². The van der Waals surface area contributed by atoms with Crippen molar-refractivity contribution < 1.29 is 0 Å². The van der Waals surface area contributed by atoms with E-state index in [1.807, 2.05) is 0 Å². The molecule has 0 aliphatic carbocycles. The molecule has 2 heteroatoms. The van der Waals surface area contributed by atoms with Crippen molar-refractivity contribution in [3.63, 3.8) is 0 Å². The summed E-state index contributed by atoms with van der Waals surface area (Å²) in [5, 5.41) is 3.71. The molecule has 1 heterocycles. The molecule has 0 spiro atoms. The van der Waals surface area contributed by atoms with Gasteiger partial charge in [-0.15, -0.1) is 0 Å². The molecule has 2 unspecified atom stereocenters. The van der Waals surface area contributed by atoms with Crippen molar-refractivity contribution in [1.82, 2.24) is 5.32 Å². The molecule has 0 aromatic heterocycles. The number of aryl methyl sites for hydroxylation is 2. The van der Waals surface area contributed by atoms with Gasteiger partial charge in [-0.3, -0.25) is 0 Å². The summed E-state index contributed by atoms with van der Waals surface area (Å²) in [5.74, 6) is 0. The summed E-state index contributed by atoms with van der Waals surface area (Å²) in [6.07, 6.45) is 3.74. The number of hydrogen-bond donors (Lipinski definition) is 1. The minimum absolute atomic E-state index is 0.634. The molecule has 1 aliphatic rings. The summed E-state index contributed by atoms with van der Waals surface area (Å²) in [4.78, 5) is 2.63. The van der Waals surface area contributed by atoms with Crippen molar-refractivity contribution in [2.75, 3.05) is 18.0 Å². The van der Waals surface area contributed by atoms with E-state index < -0.39 is 0 Å². The average Bonchev–Trinajstić information content (AvgIpc) is 2.39. The Morgan fingerprint density at radius 2 is 2.05 bits per heavy atom. The SMILES string of the molecule is CCCC1CN(c2ccc(C)cc2C)C(CC)CN1. The lowest BCUT2D eigenvalue weighted by Gasteiger charge is -2.42. The van der Waals surface area contributed by atoms with E-state index in [-0.39, 0.29) is 0 Å². The zero-order valence-electron chi connectivity index (χ0n) is 12.9. The Labute approximate surface area is 118 Å². The number of benzene rings is 1. The highest BCUT2D eigenvalue weighted by atomic mass is 15.2.